The lowest BCUT2D eigenvalue weighted by Gasteiger charge is -2.25. The summed E-state index contributed by atoms with van der Waals surface area (Å²) in [6.07, 6.45) is 5.16. The third kappa shape index (κ3) is 5.27. The molecule has 0 spiro atoms. The molecule has 112 valence electrons. The van der Waals surface area contributed by atoms with Crippen molar-refractivity contribution in [1.29, 1.82) is 0 Å². The highest BCUT2D eigenvalue weighted by Gasteiger charge is 2.30. The number of carbonyl (C=O) groups excluding carboxylic acids is 1. The maximum atomic E-state index is 11.9. The van der Waals surface area contributed by atoms with Crippen molar-refractivity contribution in [3.05, 3.63) is 30.1 Å². The Labute approximate surface area is 121 Å². The second kappa shape index (κ2) is 8.66. The molecule has 1 heterocycles. The molecule has 1 aromatic rings. The zero-order chi connectivity index (χ0) is 14.8. The van der Waals surface area contributed by atoms with Crippen LogP contribution in [-0.4, -0.2) is 36.7 Å². The SMILES string of the molecule is CCC(C)(OC)C(=O)NCCCNCc1cccnc1. The van der Waals surface area contributed by atoms with Gasteiger partial charge < -0.3 is 15.4 Å². The van der Waals surface area contributed by atoms with Gasteiger partial charge in [-0.2, -0.15) is 0 Å². The molecule has 0 saturated heterocycles. The van der Waals surface area contributed by atoms with Crippen molar-refractivity contribution in [2.75, 3.05) is 20.2 Å². The molecule has 0 fully saturated rings. The number of hydrogen-bond donors (Lipinski definition) is 2. The van der Waals surface area contributed by atoms with Gasteiger partial charge in [0.15, 0.2) is 0 Å². The Hall–Kier alpha value is -1.46. The Balaban J connectivity index is 2.12. The van der Waals surface area contributed by atoms with Crippen LogP contribution in [-0.2, 0) is 16.1 Å². The molecule has 1 atom stereocenters. The van der Waals surface area contributed by atoms with E-state index in [1.165, 1.54) is 0 Å². The minimum Gasteiger partial charge on any atom is -0.369 e. The van der Waals surface area contributed by atoms with Gasteiger partial charge in [0.1, 0.15) is 5.60 Å². The van der Waals surface area contributed by atoms with Gasteiger partial charge in [0, 0.05) is 32.6 Å². The van der Waals surface area contributed by atoms with Crippen molar-refractivity contribution >= 4 is 5.91 Å². The summed E-state index contributed by atoms with van der Waals surface area (Å²) in [4.78, 5) is 16.0. The molecule has 0 aliphatic carbocycles. The van der Waals surface area contributed by atoms with Crippen molar-refractivity contribution < 1.29 is 9.53 Å². The summed E-state index contributed by atoms with van der Waals surface area (Å²) in [6.45, 7) is 6.05. The molecular formula is C15H25N3O2. The van der Waals surface area contributed by atoms with Crippen LogP contribution in [0.2, 0.25) is 0 Å². The van der Waals surface area contributed by atoms with Crippen LogP contribution in [0.1, 0.15) is 32.3 Å². The molecule has 1 rings (SSSR count). The lowest BCUT2D eigenvalue weighted by molar-refractivity contribution is -0.141. The summed E-state index contributed by atoms with van der Waals surface area (Å²) in [6, 6.07) is 3.96. The first kappa shape index (κ1) is 16.6. The normalized spacial score (nSPS) is 13.8. The van der Waals surface area contributed by atoms with Gasteiger partial charge >= 0.3 is 0 Å². The number of ether oxygens (including phenoxy) is 1. The number of nitrogens with zero attached hydrogens (tertiary/aromatic N) is 1. The van der Waals surface area contributed by atoms with Gasteiger partial charge in [0.2, 0.25) is 0 Å². The molecule has 0 aliphatic rings. The second-order valence-electron chi connectivity index (χ2n) is 4.94. The molecule has 1 amide bonds. The Morgan fingerprint density at radius 2 is 2.25 bits per heavy atom. The predicted molar refractivity (Wildman–Crippen MR) is 79.3 cm³/mol. The number of amides is 1. The third-order valence-electron chi connectivity index (χ3n) is 3.47. The van der Waals surface area contributed by atoms with Crippen molar-refractivity contribution in [3.63, 3.8) is 0 Å². The lowest BCUT2D eigenvalue weighted by Crippen LogP contribution is -2.46. The molecule has 0 bridgehead atoms. The van der Waals surface area contributed by atoms with Crippen LogP contribution in [0, 0.1) is 0 Å². The summed E-state index contributed by atoms with van der Waals surface area (Å²) in [5.41, 5.74) is 0.442. The fourth-order valence-corrected chi connectivity index (χ4v) is 1.74. The van der Waals surface area contributed by atoms with E-state index in [1.807, 2.05) is 32.2 Å². The first-order valence-corrected chi connectivity index (χ1v) is 7.05. The first-order chi connectivity index (χ1) is 9.62. The summed E-state index contributed by atoms with van der Waals surface area (Å²) < 4.78 is 5.25. The van der Waals surface area contributed by atoms with E-state index in [4.69, 9.17) is 4.74 Å². The quantitative estimate of drug-likeness (QED) is 0.672. The summed E-state index contributed by atoms with van der Waals surface area (Å²) in [5, 5.41) is 6.23. The molecule has 0 saturated carbocycles. The number of nitrogens with one attached hydrogen (secondary N) is 2. The van der Waals surface area contributed by atoms with E-state index < -0.39 is 5.60 Å². The molecule has 5 heteroatoms. The number of carbonyl (C=O) groups is 1. The summed E-state index contributed by atoms with van der Waals surface area (Å²) >= 11 is 0. The number of aromatic nitrogens is 1. The average molecular weight is 279 g/mol. The predicted octanol–water partition coefficient (Wildman–Crippen LogP) is 1.49. The second-order valence-corrected chi connectivity index (χ2v) is 4.94. The fourth-order valence-electron chi connectivity index (χ4n) is 1.74. The highest BCUT2D eigenvalue weighted by molar-refractivity contribution is 5.84. The van der Waals surface area contributed by atoms with E-state index in [-0.39, 0.29) is 5.91 Å². The van der Waals surface area contributed by atoms with Crippen LogP contribution in [0.3, 0.4) is 0 Å². The van der Waals surface area contributed by atoms with Gasteiger partial charge in [0.25, 0.3) is 5.91 Å². The molecule has 20 heavy (non-hydrogen) atoms. The number of hydrogen-bond acceptors (Lipinski definition) is 4. The first-order valence-electron chi connectivity index (χ1n) is 7.05. The third-order valence-corrected chi connectivity index (χ3v) is 3.47. The summed E-state index contributed by atoms with van der Waals surface area (Å²) in [7, 11) is 1.57. The Kier molecular flexibility index (Phi) is 7.18. The van der Waals surface area contributed by atoms with Gasteiger partial charge in [0.05, 0.1) is 0 Å². The molecule has 1 aromatic heterocycles. The standard InChI is InChI=1S/C15H25N3O2/c1-4-15(2,20-3)14(19)18-10-6-9-17-12-13-7-5-8-16-11-13/h5,7-8,11,17H,4,6,9-10,12H2,1-3H3,(H,18,19). The number of methoxy groups -OCH3 is 1. The molecule has 1 unspecified atom stereocenters. The van der Waals surface area contributed by atoms with Gasteiger partial charge in [-0.1, -0.05) is 13.0 Å². The minimum atomic E-state index is -0.719. The molecule has 2 N–H and O–H groups in total. The molecule has 5 nitrogen and oxygen atoms in total. The molecular weight excluding hydrogens is 254 g/mol. The van der Waals surface area contributed by atoms with Crippen LogP contribution in [0.4, 0.5) is 0 Å². The monoisotopic (exact) mass is 279 g/mol. The smallest absolute Gasteiger partial charge is 0.251 e. The van der Waals surface area contributed by atoms with E-state index in [1.54, 1.807) is 13.3 Å². The van der Waals surface area contributed by atoms with Crippen molar-refractivity contribution in [3.8, 4) is 0 Å². The molecule has 0 aromatic carbocycles. The maximum absolute atomic E-state index is 11.9. The number of pyridine rings is 1. The fraction of sp³-hybridized carbons (Fsp3) is 0.600. The Morgan fingerprint density at radius 3 is 2.85 bits per heavy atom. The van der Waals surface area contributed by atoms with Crippen LogP contribution < -0.4 is 10.6 Å². The van der Waals surface area contributed by atoms with Crippen LogP contribution >= 0.6 is 0 Å². The lowest BCUT2D eigenvalue weighted by atomic mass is 10.0. The zero-order valence-corrected chi connectivity index (χ0v) is 12.6. The van der Waals surface area contributed by atoms with Crippen molar-refractivity contribution in [2.24, 2.45) is 0 Å². The largest absolute Gasteiger partial charge is 0.369 e. The van der Waals surface area contributed by atoms with Gasteiger partial charge in [-0.15, -0.1) is 0 Å². The highest BCUT2D eigenvalue weighted by atomic mass is 16.5. The average Bonchev–Trinajstić information content (AvgIpc) is 2.50. The Morgan fingerprint density at radius 1 is 1.45 bits per heavy atom. The molecule has 0 aliphatic heterocycles. The number of rotatable bonds is 9. The maximum Gasteiger partial charge on any atom is 0.251 e. The van der Waals surface area contributed by atoms with Crippen molar-refractivity contribution in [1.82, 2.24) is 15.6 Å². The topological polar surface area (TPSA) is 63.2 Å². The van der Waals surface area contributed by atoms with Crippen LogP contribution in [0.5, 0.6) is 0 Å². The molecule has 0 radical (unpaired) electrons. The van der Waals surface area contributed by atoms with Crippen LogP contribution in [0.25, 0.3) is 0 Å². The van der Waals surface area contributed by atoms with Crippen molar-refractivity contribution in [2.45, 2.75) is 38.8 Å². The van der Waals surface area contributed by atoms with E-state index in [2.05, 4.69) is 15.6 Å². The minimum absolute atomic E-state index is 0.0465. The van der Waals surface area contributed by atoms with E-state index in [9.17, 15) is 4.79 Å². The van der Waals surface area contributed by atoms with Gasteiger partial charge in [-0.3, -0.25) is 9.78 Å². The Bertz CT molecular complexity index is 391. The van der Waals surface area contributed by atoms with Gasteiger partial charge in [-0.05, 0) is 37.9 Å². The van der Waals surface area contributed by atoms with Gasteiger partial charge in [-0.25, -0.2) is 0 Å². The van der Waals surface area contributed by atoms with Crippen LogP contribution in [0.15, 0.2) is 24.5 Å². The van der Waals surface area contributed by atoms with E-state index in [0.29, 0.717) is 13.0 Å². The zero-order valence-electron chi connectivity index (χ0n) is 12.6. The summed E-state index contributed by atoms with van der Waals surface area (Å²) in [5.74, 6) is -0.0465. The van der Waals surface area contributed by atoms with E-state index in [0.717, 1.165) is 25.1 Å². The van der Waals surface area contributed by atoms with E-state index >= 15 is 0 Å². The highest BCUT2D eigenvalue weighted by Crippen LogP contribution is 2.13.